The maximum Gasteiger partial charge on any atom is 0.288 e. The zero-order chi connectivity index (χ0) is 19.5. The van der Waals surface area contributed by atoms with E-state index in [1.807, 2.05) is 12.1 Å². The number of hydrogen-bond acceptors (Lipinski definition) is 1. The Balaban J connectivity index is 1.79. The third-order valence-corrected chi connectivity index (χ3v) is 6.11. The van der Waals surface area contributed by atoms with Crippen molar-refractivity contribution < 1.29 is 13.3 Å². The largest absolute Gasteiger partial charge is 0.288 e. The number of hydrogen-bond donors (Lipinski definition) is 0. The van der Waals surface area contributed by atoms with E-state index in [2.05, 4.69) is 46.5 Å². The van der Waals surface area contributed by atoms with Crippen molar-refractivity contribution in [3.05, 3.63) is 66.1 Å². The monoisotopic (exact) mass is 399 g/mol. The molecule has 0 fully saturated rings. The molecule has 4 rings (SSSR count). The Hall–Kier alpha value is -2.14. The number of aromatic nitrogens is 2. The Bertz CT molecular complexity index is 930. The van der Waals surface area contributed by atoms with Gasteiger partial charge in [0.25, 0.3) is 11.6 Å². The van der Waals surface area contributed by atoms with Crippen LogP contribution in [0.4, 0.5) is 8.78 Å². The van der Waals surface area contributed by atoms with E-state index in [1.165, 1.54) is 30.7 Å². The number of alkyl halides is 2. The van der Waals surface area contributed by atoms with Crippen LogP contribution in [0.25, 0.3) is 16.9 Å². The van der Waals surface area contributed by atoms with Crippen molar-refractivity contribution in [2.75, 3.05) is 0 Å². The molecule has 0 unspecified atom stereocenters. The summed E-state index contributed by atoms with van der Waals surface area (Å²) in [5, 5.41) is 0. The van der Waals surface area contributed by atoms with Crippen LogP contribution in [0.3, 0.4) is 0 Å². The minimum Gasteiger partial charge on any atom is -0.233 e. The molecule has 0 aliphatic carbocycles. The number of nitrogens with zero attached hydrogens (tertiary/aromatic N) is 2. The van der Waals surface area contributed by atoms with E-state index in [9.17, 15) is 8.78 Å². The normalized spacial score (nSPS) is 14.1. The SMILES string of the molecule is CCc1ccc(-n2c(-c3ccc(SC(F)F)cc3)c[n+]3c2CCCCC3)cc1. The van der Waals surface area contributed by atoms with Crippen LogP contribution in [0.15, 0.2) is 59.6 Å². The molecule has 3 aromatic rings. The molecule has 2 aromatic carbocycles. The molecule has 0 amide bonds. The third-order valence-electron chi connectivity index (χ3n) is 5.39. The van der Waals surface area contributed by atoms with Crippen LogP contribution in [0.5, 0.6) is 0 Å². The fraction of sp³-hybridized carbons (Fsp3) is 0.348. The molecule has 0 N–H and O–H groups in total. The number of benzene rings is 2. The Morgan fingerprint density at radius 3 is 2.43 bits per heavy atom. The van der Waals surface area contributed by atoms with Gasteiger partial charge < -0.3 is 0 Å². The lowest BCUT2D eigenvalue weighted by atomic mass is 10.1. The molecule has 2 heterocycles. The molecule has 146 valence electrons. The van der Waals surface area contributed by atoms with Gasteiger partial charge in [-0.05, 0) is 67.6 Å². The Morgan fingerprint density at radius 1 is 1.00 bits per heavy atom. The van der Waals surface area contributed by atoms with Gasteiger partial charge in [0.1, 0.15) is 11.9 Å². The Morgan fingerprint density at radius 2 is 1.75 bits per heavy atom. The first-order valence-electron chi connectivity index (χ1n) is 9.94. The summed E-state index contributed by atoms with van der Waals surface area (Å²) < 4.78 is 30.0. The molecule has 28 heavy (non-hydrogen) atoms. The summed E-state index contributed by atoms with van der Waals surface area (Å²) in [6.45, 7) is 3.19. The highest BCUT2D eigenvalue weighted by molar-refractivity contribution is 7.99. The van der Waals surface area contributed by atoms with Gasteiger partial charge in [-0.2, -0.15) is 13.3 Å². The van der Waals surface area contributed by atoms with Gasteiger partial charge in [-0.15, -0.1) is 0 Å². The third kappa shape index (κ3) is 4.00. The summed E-state index contributed by atoms with van der Waals surface area (Å²) in [5.74, 6) is -1.07. The van der Waals surface area contributed by atoms with Crippen LogP contribution < -0.4 is 4.57 Å². The second-order valence-corrected chi connectivity index (χ2v) is 8.26. The maximum absolute atomic E-state index is 12.6. The average molecular weight is 400 g/mol. The molecule has 5 heteroatoms. The fourth-order valence-electron chi connectivity index (χ4n) is 3.92. The van der Waals surface area contributed by atoms with Crippen LogP contribution >= 0.6 is 11.8 Å². The Kier molecular flexibility index (Phi) is 5.81. The van der Waals surface area contributed by atoms with Crippen molar-refractivity contribution >= 4 is 11.8 Å². The van der Waals surface area contributed by atoms with Crippen molar-refractivity contribution in [3.8, 4) is 16.9 Å². The molecule has 0 saturated heterocycles. The molecule has 0 radical (unpaired) electrons. The van der Waals surface area contributed by atoms with Crippen LogP contribution in [-0.2, 0) is 19.4 Å². The number of fused-ring (bicyclic) bond motifs is 1. The van der Waals surface area contributed by atoms with E-state index in [0.29, 0.717) is 16.7 Å². The molecule has 0 saturated carbocycles. The molecular weight excluding hydrogens is 374 g/mol. The van der Waals surface area contributed by atoms with E-state index < -0.39 is 5.76 Å². The molecule has 0 atom stereocenters. The summed E-state index contributed by atoms with van der Waals surface area (Å²) in [6.07, 6.45) is 7.94. The first-order chi connectivity index (χ1) is 13.7. The quantitative estimate of drug-likeness (QED) is 0.375. The highest BCUT2D eigenvalue weighted by atomic mass is 32.2. The van der Waals surface area contributed by atoms with Crippen LogP contribution in [-0.4, -0.2) is 10.3 Å². The van der Waals surface area contributed by atoms with Gasteiger partial charge in [0, 0.05) is 16.9 Å². The summed E-state index contributed by atoms with van der Waals surface area (Å²) in [4.78, 5) is 0.596. The Labute approximate surface area is 169 Å². The lowest BCUT2D eigenvalue weighted by Gasteiger charge is -2.07. The van der Waals surface area contributed by atoms with Crippen molar-refractivity contribution in [2.24, 2.45) is 0 Å². The summed E-state index contributed by atoms with van der Waals surface area (Å²) in [7, 11) is 0. The van der Waals surface area contributed by atoms with Gasteiger partial charge in [0.05, 0.1) is 6.54 Å². The fourth-order valence-corrected chi connectivity index (χ4v) is 4.42. The summed E-state index contributed by atoms with van der Waals surface area (Å²) in [6, 6.07) is 16.3. The van der Waals surface area contributed by atoms with Crippen molar-refractivity contribution in [2.45, 2.75) is 56.2 Å². The number of halogens is 2. The number of thioether (sulfide) groups is 1. The molecule has 1 aromatic heterocycles. The molecule has 0 bridgehead atoms. The van der Waals surface area contributed by atoms with Crippen molar-refractivity contribution in [1.29, 1.82) is 0 Å². The molecule has 1 aliphatic rings. The smallest absolute Gasteiger partial charge is 0.233 e. The van der Waals surface area contributed by atoms with Crippen LogP contribution in [0, 0.1) is 0 Å². The highest BCUT2D eigenvalue weighted by Crippen LogP contribution is 2.30. The standard InChI is InChI=1S/C23H25F2N2S/c1-2-17-7-11-19(12-8-17)27-21(16-26-15-5-3-4-6-22(26)27)18-9-13-20(14-10-18)28-23(24)25/h7-14,16,23H,2-6,15H2,1H3/q+1. The van der Waals surface area contributed by atoms with Gasteiger partial charge in [-0.3, -0.25) is 0 Å². The maximum atomic E-state index is 12.6. The van der Waals surface area contributed by atoms with Crippen molar-refractivity contribution in [1.82, 2.24) is 4.57 Å². The molecular formula is C23H25F2N2S+. The lowest BCUT2D eigenvalue weighted by molar-refractivity contribution is -0.702. The van der Waals surface area contributed by atoms with Crippen molar-refractivity contribution in [3.63, 3.8) is 0 Å². The van der Waals surface area contributed by atoms with Gasteiger partial charge in [-0.25, -0.2) is 4.57 Å². The first kappa shape index (κ1) is 19.2. The zero-order valence-corrected chi connectivity index (χ0v) is 16.9. The van der Waals surface area contributed by atoms with E-state index in [-0.39, 0.29) is 0 Å². The van der Waals surface area contributed by atoms with Crippen LogP contribution in [0.1, 0.15) is 37.6 Å². The highest BCUT2D eigenvalue weighted by Gasteiger charge is 2.27. The van der Waals surface area contributed by atoms with E-state index >= 15 is 0 Å². The van der Waals surface area contributed by atoms with Gasteiger partial charge in [0.15, 0.2) is 5.69 Å². The minimum atomic E-state index is -2.39. The summed E-state index contributed by atoms with van der Waals surface area (Å²) in [5.41, 5.74) is 4.66. The molecule has 2 nitrogen and oxygen atoms in total. The van der Waals surface area contributed by atoms with Crippen LogP contribution in [0.2, 0.25) is 0 Å². The molecule has 0 spiro atoms. The number of imidazole rings is 1. The second-order valence-electron chi connectivity index (χ2n) is 7.19. The first-order valence-corrected chi connectivity index (χ1v) is 10.8. The van der Waals surface area contributed by atoms with Gasteiger partial charge in [-0.1, -0.05) is 30.8 Å². The van der Waals surface area contributed by atoms with Gasteiger partial charge in [0.2, 0.25) is 0 Å². The minimum absolute atomic E-state index is 0.592. The molecule has 1 aliphatic heterocycles. The lowest BCUT2D eigenvalue weighted by Crippen LogP contribution is -2.35. The van der Waals surface area contributed by atoms with Gasteiger partial charge >= 0.3 is 0 Å². The number of aryl methyl sites for hydroxylation is 2. The predicted octanol–water partition coefficient (Wildman–Crippen LogP) is 6.04. The summed E-state index contributed by atoms with van der Waals surface area (Å²) >= 11 is 0.592. The van der Waals surface area contributed by atoms with E-state index in [1.54, 1.807) is 12.1 Å². The van der Waals surface area contributed by atoms with E-state index in [4.69, 9.17) is 0 Å². The predicted molar refractivity (Wildman–Crippen MR) is 110 cm³/mol. The zero-order valence-electron chi connectivity index (χ0n) is 16.1. The topological polar surface area (TPSA) is 8.81 Å². The average Bonchev–Trinajstić information content (AvgIpc) is 2.90. The number of rotatable bonds is 5. The van der Waals surface area contributed by atoms with E-state index in [0.717, 1.165) is 36.3 Å². The second kappa shape index (κ2) is 8.48.